The molecule has 1 aromatic heterocycles. The average Bonchev–Trinajstić information content (AvgIpc) is 3.13. The summed E-state index contributed by atoms with van der Waals surface area (Å²) < 4.78 is 8.44. The number of hydrogen-bond donors (Lipinski definition) is 1. The minimum atomic E-state index is -0.470. The number of halogens is 1. The molecule has 27 heavy (non-hydrogen) atoms. The highest BCUT2D eigenvalue weighted by molar-refractivity contribution is 5.98. The van der Waals surface area contributed by atoms with Crippen LogP contribution in [0.5, 0.6) is 5.75 Å². The summed E-state index contributed by atoms with van der Waals surface area (Å²) in [6, 6.07) is 10.2. The van der Waals surface area contributed by atoms with Crippen LogP contribution in [0.3, 0.4) is 0 Å². The summed E-state index contributed by atoms with van der Waals surface area (Å²) in [6.07, 6.45) is 4.41. The lowest BCUT2D eigenvalue weighted by Gasteiger charge is -2.45. The number of fused-ring (bicyclic) bond motifs is 6. The van der Waals surface area contributed by atoms with Gasteiger partial charge in [-0.25, -0.2) is 0 Å². The molecule has 3 fully saturated rings. The molecule has 4 aliphatic rings. The number of amides is 1. The second kappa shape index (κ2) is 6.57. The smallest absolute Gasteiger partial charge is 0.255 e. The summed E-state index contributed by atoms with van der Waals surface area (Å²) in [5, 5.41) is 3.29. The molecule has 6 heteroatoms. The van der Waals surface area contributed by atoms with Crippen LogP contribution < -0.4 is 10.1 Å². The van der Waals surface area contributed by atoms with Crippen LogP contribution in [-0.4, -0.2) is 41.1 Å². The molecule has 5 heterocycles. The Hall–Kier alpha value is -1.98. The number of benzene rings is 1. The number of nitrogens with zero attached hydrogens (tertiary/aromatic N) is 2. The van der Waals surface area contributed by atoms with Crippen LogP contribution in [0, 0.1) is 5.92 Å². The predicted octanol–water partition coefficient (Wildman–Crippen LogP) is 3.35. The second-order valence-electron chi connectivity index (χ2n) is 8.25. The maximum Gasteiger partial charge on any atom is 0.255 e. The first-order valence-corrected chi connectivity index (χ1v) is 9.56. The van der Waals surface area contributed by atoms with E-state index in [9.17, 15) is 4.79 Å². The van der Waals surface area contributed by atoms with Crippen molar-refractivity contribution >= 4 is 18.3 Å². The normalized spacial score (nSPS) is 27.0. The minimum Gasteiger partial charge on any atom is -0.479 e. The highest BCUT2D eigenvalue weighted by atomic mass is 35.5. The van der Waals surface area contributed by atoms with Crippen molar-refractivity contribution < 1.29 is 9.53 Å². The van der Waals surface area contributed by atoms with Crippen molar-refractivity contribution in [3.05, 3.63) is 47.8 Å². The Morgan fingerprint density at radius 2 is 1.96 bits per heavy atom. The van der Waals surface area contributed by atoms with Gasteiger partial charge in [0.25, 0.3) is 5.91 Å². The van der Waals surface area contributed by atoms with Gasteiger partial charge in [0, 0.05) is 18.8 Å². The van der Waals surface area contributed by atoms with Gasteiger partial charge in [-0.2, -0.15) is 0 Å². The molecule has 144 valence electrons. The molecule has 0 radical (unpaired) electrons. The largest absolute Gasteiger partial charge is 0.479 e. The number of hydrogen-bond acceptors (Lipinski definition) is 3. The number of para-hydroxylation sites is 1. The molecular formula is C21H26ClN3O2. The van der Waals surface area contributed by atoms with Gasteiger partial charge in [-0.05, 0) is 70.0 Å². The van der Waals surface area contributed by atoms with E-state index >= 15 is 0 Å². The number of carbonyl (C=O) groups is 1. The number of carbonyl (C=O) groups excluding carboxylic acids is 1. The van der Waals surface area contributed by atoms with Gasteiger partial charge < -0.3 is 19.5 Å². The van der Waals surface area contributed by atoms with Crippen LogP contribution >= 0.6 is 12.4 Å². The minimum absolute atomic E-state index is 0. The summed E-state index contributed by atoms with van der Waals surface area (Å²) in [7, 11) is 0. The molecule has 0 aliphatic carbocycles. The molecule has 1 aromatic carbocycles. The zero-order valence-corrected chi connectivity index (χ0v) is 16.6. The number of nitrogens with one attached hydrogen (secondary N) is 1. The van der Waals surface area contributed by atoms with Gasteiger partial charge in [0.2, 0.25) is 0 Å². The van der Waals surface area contributed by atoms with E-state index in [0.29, 0.717) is 17.2 Å². The van der Waals surface area contributed by atoms with Crippen molar-refractivity contribution in [2.24, 2.45) is 5.92 Å². The van der Waals surface area contributed by atoms with Crippen LogP contribution in [0.2, 0.25) is 0 Å². The second-order valence-corrected chi connectivity index (χ2v) is 8.25. The summed E-state index contributed by atoms with van der Waals surface area (Å²) in [5.74, 6) is 1.27. The first-order chi connectivity index (χ1) is 12.5. The Balaban J connectivity index is 0.00000180. The summed E-state index contributed by atoms with van der Waals surface area (Å²) in [6.45, 7) is 7.41. The van der Waals surface area contributed by atoms with Gasteiger partial charge in [-0.3, -0.25) is 4.79 Å². The van der Waals surface area contributed by atoms with Crippen molar-refractivity contribution in [2.45, 2.75) is 38.3 Å². The van der Waals surface area contributed by atoms with Crippen molar-refractivity contribution in [3.63, 3.8) is 0 Å². The average molecular weight is 388 g/mol. The van der Waals surface area contributed by atoms with E-state index in [2.05, 4.69) is 20.9 Å². The van der Waals surface area contributed by atoms with Crippen molar-refractivity contribution in [1.29, 1.82) is 0 Å². The molecule has 5 nitrogen and oxygen atoms in total. The van der Waals surface area contributed by atoms with Crippen LogP contribution in [-0.2, 0) is 5.60 Å². The molecule has 3 saturated heterocycles. The van der Waals surface area contributed by atoms with E-state index in [1.165, 1.54) is 25.9 Å². The molecule has 1 atom stereocenters. The first-order valence-electron chi connectivity index (χ1n) is 9.56. The molecule has 6 rings (SSSR count). The zero-order chi connectivity index (χ0) is 17.9. The third kappa shape index (κ3) is 2.93. The Labute approximate surface area is 166 Å². The van der Waals surface area contributed by atoms with Crippen LogP contribution in [0.15, 0.2) is 36.5 Å². The van der Waals surface area contributed by atoms with Gasteiger partial charge in [0.05, 0.1) is 16.9 Å². The Morgan fingerprint density at radius 1 is 1.19 bits per heavy atom. The molecule has 0 spiro atoms. The van der Waals surface area contributed by atoms with Crippen molar-refractivity contribution in [2.75, 3.05) is 19.6 Å². The van der Waals surface area contributed by atoms with Gasteiger partial charge >= 0.3 is 0 Å². The SMILES string of the molecule is CC1(C)Oc2c(C(=O)NC3CN4CCC3CC4)cccc2-n2cccc21.Cl. The first kappa shape index (κ1) is 18.4. The summed E-state index contributed by atoms with van der Waals surface area (Å²) in [4.78, 5) is 15.6. The molecule has 1 unspecified atom stereocenters. The lowest BCUT2D eigenvalue weighted by Crippen LogP contribution is -2.57. The van der Waals surface area contributed by atoms with E-state index < -0.39 is 5.60 Å². The van der Waals surface area contributed by atoms with Crippen LogP contribution in [0.25, 0.3) is 5.69 Å². The standard InChI is InChI=1S/C21H25N3O2.ClH/c1-21(2)18-7-4-10-24(18)17-6-3-5-15(19(17)26-21)20(25)22-16-13-23-11-8-14(16)9-12-23;/h3-7,10,14,16H,8-9,11-13H2,1-2H3,(H,22,25);1H. The summed E-state index contributed by atoms with van der Waals surface area (Å²) >= 11 is 0. The van der Waals surface area contributed by atoms with Crippen molar-refractivity contribution in [1.82, 2.24) is 14.8 Å². The highest BCUT2D eigenvalue weighted by Crippen LogP contribution is 2.41. The van der Waals surface area contributed by atoms with Gasteiger partial charge in [0.15, 0.2) is 5.75 Å². The molecule has 4 aliphatic heterocycles. The molecular weight excluding hydrogens is 362 g/mol. The third-order valence-electron chi connectivity index (χ3n) is 6.19. The Morgan fingerprint density at radius 3 is 2.67 bits per heavy atom. The quantitative estimate of drug-likeness (QED) is 0.859. The number of aromatic nitrogens is 1. The molecule has 1 N–H and O–H groups in total. The summed E-state index contributed by atoms with van der Waals surface area (Å²) in [5.41, 5.74) is 2.19. The van der Waals surface area contributed by atoms with E-state index in [4.69, 9.17) is 4.74 Å². The fourth-order valence-electron chi connectivity index (χ4n) is 4.76. The fourth-order valence-corrected chi connectivity index (χ4v) is 4.76. The van der Waals surface area contributed by atoms with E-state index in [0.717, 1.165) is 17.9 Å². The maximum atomic E-state index is 13.1. The Bertz CT molecular complexity index is 868. The van der Waals surface area contributed by atoms with Crippen LogP contribution in [0.4, 0.5) is 0 Å². The number of piperidine rings is 3. The van der Waals surface area contributed by atoms with Crippen LogP contribution in [0.1, 0.15) is 42.7 Å². The van der Waals surface area contributed by atoms with Crippen molar-refractivity contribution in [3.8, 4) is 11.4 Å². The zero-order valence-electron chi connectivity index (χ0n) is 15.8. The topological polar surface area (TPSA) is 46.5 Å². The highest BCUT2D eigenvalue weighted by Gasteiger charge is 2.37. The van der Waals surface area contributed by atoms with E-state index in [1.807, 2.05) is 44.3 Å². The molecule has 2 aromatic rings. The van der Waals surface area contributed by atoms with E-state index in [-0.39, 0.29) is 24.4 Å². The number of ether oxygens (including phenoxy) is 1. The molecule has 2 bridgehead atoms. The van der Waals surface area contributed by atoms with E-state index in [1.54, 1.807) is 0 Å². The lowest BCUT2D eigenvalue weighted by molar-refractivity contribution is 0.0606. The lowest BCUT2D eigenvalue weighted by atomic mass is 9.84. The fraction of sp³-hybridized carbons (Fsp3) is 0.476. The Kier molecular flexibility index (Phi) is 4.47. The monoisotopic (exact) mass is 387 g/mol. The predicted molar refractivity (Wildman–Crippen MR) is 107 cm³/mol. The maximum absolute atomic E-state index is 13.1. The van der Waals surface area contributed by atoms with Gasteiger partial charge in [-0.15, -0.1) is 12.4 Å². The molecule has 1 amide bonds. The molecule has 0 saturated carbocycles. The third-order valence-corrected chi connectivity index (χ3v) is 6.19. The van der Waals surface area contributed by atoms with Gasteiger partial charge in [0.1, 0.15) is 5.60 Å². The van der Waals surface area contributed by atoms with Gasteiger partial charge in [-0.1, -0.05) is 6.07 Å². The number of rotatable bonds is 2.